The fourth-order valence-corrected chi connectivity index (χ4v) is 10.6. The number of nitrogens with zero attached hydrogens (tertiary/aromatic N) is 2. The van der Waals surface area contributed by atoms with Crippen molar-refractivity contribution in [3.8, 4) is 0 Å². The van der Waals surface area contributed by atoms with E-state index in [4.69, 9.17) is 0 Å². The van der Waals surface area contributed by atoms with Gasteiger partial charge in [-0.15, -0.1) is 11.3 Å². The van der Waals surface area contributed by atoms with Crippen LogP contribution >= 0.6 is 11.3 Å². The number of carbonyl (C=O) groups is 2. The van der Waals surface area contributed by atoms with Crippen LogP contribution in [0, 0.1) is 11.8 Å². The molecule has 9 nitrogen and oxygen atoms in total. The summed E-state index contributed by atoms with van der Waals surface area (Å²) in [6, 6.07) is 17.1. The number of hydrogen-bond acceptors (Lipinski definition) is 8. The number of aromatic carboxylic acids is 1. The number of carboxylic acids is 1. The summed E-state index contributed by atoms with van der Waals surface area (Å²) in [6.45, 7) is 3.83. The Balaban J connectivity index is 0.000000160. The SMILES string of the molecule is CCC12CC(C)(O)C(O)(c3nccs3)CC1CCc1cc(C(=O)O)ccc12.O=C(NNc1ccccn1)c1ccc2c(c1)CCC1CCCCC21. The van der Waals surface area contributed by atoms with E-state index < -0.39 is 17.2 Å². The number of aliphatic hydroxyl groups is 2. The van der Waals surface area contributed by atoms with Crippen LogP contribution in [-0.4, -0.2) is 42.8 Å². The van der Waals surface area contributed by atoms with Crippen LogP contribution in [0.1, 0.15) is 126 Å². The van der Waals surface area contributed by atoms with Crippen LogP contribution in [0.2, 0.25) is 0 Å². The minimum absolute atomic E-state index is 0.116. The van der Waals surface area contributed by atoms with Crippen LogP contribution in [0.4, 0.5) is 5.82 Å². The lowest BCUT2D eigenvalue weighted by Gasteiger charge is -2.58. The molecule has 8 rings (SSSR count). The number of carboxylic acid groups (broad SMARTS) is 1. The number of amides is 1. The van der Waals surface area contributed by atoms with Crippen molar-refractivity contribution in [1.29, 1.82) is 0 Å². The molecule has 4 aliphatic rings. The van der Waals surface area contributed by atoms with Crippen LogP contribution in [-0.2, 0) is 23.9 Å². The normalized spacial score (nSPS) is 29.1. The van der Waals surface area contributed by atoms with E-state index in [1.54, 1.807) is 31.5 Å². The molecular weight excluding hydrogens is 661 g/mol. The lowest BCUT2D eigenvalue weighted by Crippen LogP contribution is -2.62. The van der Waals surface area contributed by atoms with Crippen LogP contribution in [0.5, 0.6) is 0 Å². The Morgan fingerprint density at radius 1 is 0.922 bits per heavy atom. The molecule has 51 heavy (non-hydrogen) atoms. The molecule has 0 aliphatic heterocycles. The van der Waals surface area contributed by atoms with Gasteiger partial charge in [-0.05, 0) is 141 Å². The van der Waals surface area contributed by atoms with Crippen molar-refractivity contribution in [3.63, 3.8) is 0 Å². The van der Waals surface area contributed by atoms with Crippen LogP contribution in [0.15, 0.2) is 72.4 Å². The predicted molar refractivity (Wildman–Crippen MR) is 198 cm³/mol. The number of anilines is 1. The molecule has 0 radical (unpaired) electrons. The second-order valence-corrected chi connectivity index (χ2v) is 16.1. The molecule has 4 aromatic rings. The Morgan fingerprint density at radius 3 is 2.45 bits per heavy atom. The first-order valence-electron chi connectivity index (χ1n) is 18.4. The Hall–Kier alpha value is -4.12. The molecular formula is C41H48N4O5S. The van der Waals surface area contributed by atoms with Gasteiger partial charge in [0, 0.05) is 28.8 Å². The van der Waals surface area contributed by atoms with Crippen molar-refractivity contribution >= 4 is 29.0 Å². The lowest BCUT2D eigenvalue weighted by atomic mass is 9.49. The van der Waals surface area contributed by atoms with Gasteiger partial charge in [0.1, 0.15) is 16.4 Å². The predicted octanol–water partition coefficient (Wildman–Crippen LogP) is 7.54. The lowest BCUT2D eigenvalue weighted by molar-refractivity contribution is -0.205. The molecule has 6 atom stereocenters. The number of rotatable bonds is 6. The second-order valence-electron chi connectivity index (χ2n) is 15.2. The number of hydrazine groups is 1. The van der Waals surface area contributed by atoms with E-state index in [0.29, 0.717) is 40.7 Å². The number of fused-ring (bicyclic) bond motifs is 6. The number of hydrogen-bond donors (Lipinski definition) is 5. The third kappa shape index (κ3) is 6.58. The molecule has 2 saturated carbocycles. The summed E-state index contributed by atoms with van der Waals surface area (Å²) < 4.78 is 0. The fraction of sp³-hybridized carbons (Fsp3) is 0.463. The highest BCUT2D eigenvalue weighted by molar-refractivity contribution is 7.09. The summed E-state index contributed by atoms with van der Waals surface area (Å²) in [7, 11) is 0. The first kappa shape index (κ1) is 35.3. The molecule has 1 amide bonds. The summed E-state index contributed by atoms with van der Waals surface area (Å²) >= 11 is 1.38. The Bertz CT molecular complexity index is 1880. The minimum atomic E-state index is -1.36. The van der Waals surface area contributed by atoms with Gasteiger partial charge in [-0.25, -0.2) is 14.8 Å². The topological polar surface area (TPSA) is 145 Å². The Labute approximate surface area is 303 Å². The first-order chi connectivity index (χ1) is 24.5. The third-order valence-electron chi connectivity index (χ3n) is 12.4. The summed E-state index contributed by atoms with van der Waals surface area (Å²) in [6.07, 6.45) is 14.5. The van der Waals surface area contributed by atoms with E-state index in [1.807, 2.05) is 35.7 Å². The number of aryl methyl sites for hydroxylation is 2. The smallest absolute Gasteiger partial charge is 0.335 e. The average molecular weight is 709 g/mol. The summed E-state index contributed by atoms with van der Waals surface area (Å²) in [5, 5.41) is 34.6. The van der Waals surface area contributed by atoms with Crippen LogP contribution in [0.25, 0.3) is 0 Å². The van der Waals surface area contributed by atoms with E-state index in [9.17, 15) is 24.9 Å². The van der Waals surface area contributed by atoms with E-state index in [-0.39, 0.29) is 17.2 Å². The van der Waals surface area contributed by atoms with Gasteiger partial charge >= 0.3 is 5.97 Å². The van der Waals surface area contributed by atoms with Gasteiger partial charge in [0.25, 0.3) is 5.91 Å². The van der Waals surface area contributed by atoms with Gasteiger partial charge in [-0.3, -0.25) is 15.6 Å². The van der Waals surface area contributed by atoms with Crippen molar-refractivity contribution in [2.24, 2.45) is 11.8 Å². The molecule has 6 unspecified atom stereocenters. The van der Waals surface area contributed by atoms with Crippen molar-refractivity contribution in [3.05, 3.63) is 111 Å². The highest BCUT2D eigenvalue weighted by Crippen LogP contribution is 2.60. The van der Waals surface area contributed by atoms with Crippen LogP contribution < -0.4 is 10.9 Å². The van der Waals surface area contributed by atoms with E-state index in [2.05, 4.69) is 39.9 Å². The highest BCUT2D eigenvalue weighted by Gasteiger charge is 2.62. The number of carbonyl (C=O) groups excluding carboxylic acids is 1. The maximum absolute atomic E-state index is 12.4. The number of nitrogens with one attached hydrogen (secondary N) is 2. The third-order valence-corrected chi connectivity index (χ3v) is 13.3. The average Bonchev–Trinajstić information content (AvgIpc) is 3.70. The van der Waals surface area contributed by atoms with Gasteiger partial charge < -0.3 is 15.3 Å². The minimum Gasteiger partial charge on any atom is -0.478 e. The van der Waals surface area contributed by atoms with Crippen LogP contribution in [0.3, 0.4) is 0 Å². The zero-order valence-electron chi connectivity index (χ0n) is 29.4. The molecule has 4 aliphatic carbocycles. The van der Waals surface area contributed by atoms with Gasteiger partial charge in [0.2, 0.25) is 0 Å². The largest absolute Gasteiger partial charge is 0.478 e. The molecule has 2 heterocycles. The molecule has 5 N–H and O–H groups in total. The molecule has 0 spiro atoms. The van der Waals surface area contributed by atoms with Gasteiger partial charge in [0.15, 0.2) is 0 Å². The summed E-state index contributed by atoms with van der Waals surface area (Å²) in [4.78, 5) is 32.2. The molecule has 0 bridgehead atoms. The van der Waals surface area contributed by atoms with E-state index in [1.165, 1.54) is 54.6 Å². The molecule has 10 heteroatoms. The van der Waals surface area contributed by atoms with Crippen molar-refractivity contribution < 1.29 is 24.9 Å². The molecule has 2 aromatic carbocycles. The molecule has 0 saturated heterocycles. The number of benzene rings is 2. The second kappa shape index (κ2) is 14.1. The Morgan fingerprint density at radius 2 is 1.71 bits per heavy atom. The molecule has 2 aromatic heterocycles. The number of pyridine rings is 1. The van der Waals surface area contributed by atoms with E-state index in [0.717, 1.165) is 42.7 Å². The Kier molecular flexibility index (Phi) is 9.78. The molecule has 268 valence electrons. The highest BCUT2D eigenvalue weighted by atomic mass is 32.1. The number of thiazole rings is 1. The van der Waals surface area contributed by atoms with Gasteiger partial charge in [0.05, 0.1) is 11.2 Å². The summed E-state index contributed by atoms with van der Waals surface area (Å²) in [5.41, 5.74) is 8.70. The maximum Gasteiger partial charge on any atom is 0.335 e. The fourth-order valence-electron chi connectivity index (χ4n) is 9.73. The zero-order chi connectivity index (χ0) is 35.8. The van der Waals surface area contributed by atoms with E-state index >= 15 is 0 Å². The van der Waals surface area contributed by atoms with Crippen molar-refractivity contribution in [2.75, 3.05) is 5.43 Å². The van der Waals surface area contributed by atoms with Gasteiger partial charge in [-0.1, -0.05) is 38.0 Å². The van der Waals surface area contributed by atoms with Gasteiger partial charge in [-0.2, -0.15) is 0 Å². The standard InChI is InChI=1S/C21H25NO4S.C20H23N3O/c1-3-20-12-19(2,25)21(26,18-22-8-9-27-18)11-15(20)6-4-13-10-14(17(23)24)5-7-16(13)20;24-20(23-22-19-7-3-4-12-21-19)16-10-11-18-15(13-16)9-8-14-5-1-2-6-17(14)18/h5,7-10,15,25-26H,3-4,6,11-12H2,1-2H3,(H,23,24);3-4,7,10-14,17H,1-2,5-6,8-9H2,(H,21,22)(H,23,24). The zero-order valence-corrected chi connectivity index (χ0v) is 30.2. The monoisotopic (exact) mass is 708 g/mol. The van der Waals surface area contributed by atoms with Crippen molar-refractivity contribution in [1.82, 2.24) is 15.4 Å². The summed E-state index contributed by atoms with van der Waals surface area (Å²) in [5.74, 6) is 1.38. The van der Waals surface area contributed by atoms with Crippen molar-refractivity contribution in [2.45, 2.75) is 107 Å². The molecule has 2 fully saturated rings. The number of aromatic nitrogens is 2. The first-order valence-corrected chi connectivity index (χ1v) is 19.2. The quantitative estimate of drug-likeness (QED) is 0.129. The maximum atomic E-state index is 12.4.